The number of hydrogen-bond donors (Lipinski definition) is 2. The van der Waals surface area contributed by atoms with Gasteiger partial charge in [-0.15, -0.1) is 11.8 Å². The maximum atomic E-state index is 12.1. The Hall–Kier alpha value is -1.60. The Morgan fingerprint density at radius 2 is 1.92 bits per heavy atom. The lowest BCUT2D eigenvalue weighted by Gasteiger charge is -2.17. The Bertz CT molecular complexity index is 861. The molecule has 1 heterocycles. The highest BCUT2D eigenvalue weighted by Crippen LogP contribution is 2.34. The Balaban J connectivity index is 1.62. The molecule has 0 aliphatic carbocycles. The summed E-state index contributed by atoms with van der Waals surface area (Å²) < 4.78 is 5.38. The molecule has 2 amide bonds. The van der Waals surface area contributed by atoms with Gasteiger partial charge in [0.1, 0.15) is 5.75 Å². The van der Waals surface area contributed by atoms with Crippen LogP contribution in [-0.4, -0.2) is 24.2 Å². The summed E-state index contributed by atoms with van der Waals surface area (Å²) in [6.45, 7) is -0.254. The van der Waals surface area contributed by atoms with Crippen LogP contribution in [0.15, 0.2) is 35.2 Å². The summed E-state index contributed by atoms with van der Waals surface area (Å²) in [7, 11) is 0. The number of thioether (sulfide) groups is 1. The highest BCUT2D eigenvalue weighted by atomic mass is 35.5. The minimum Gasteiger partial charge on any atom is -0.482 e. The molecule has 3 rings (SSSR count). The predicted octanol–water partition coefficient (Wildman–Crippen LogP) is 4.71. The molecule has 2 N–H and O–H groups in total. The summed E-state index contributed by atoms with van der Waals surface area (Å²) in [6.07, 6.45) is 0. The summed E-state index contributed by atoms with van der Waals surface area (Å²) >= 11 is 19.2. The van der Waals surface area contributed by atoms with E-state index in [1.807, 2.05) is 6.07 Å². The van der Waals surface area contributed by atoms with Crippen LogP contribution < -0.4 is 15.4 Å². The van der Waals surface area contributed by atoms with Gasteiger partial charge in [-0.25, -0.2) is 0 Å². The van der Waals surface area contributed by atoms with Gasteiger partial charge in [-0.05, 0) is 24.3 Å². The fourth-order valence-corrected chi connectivity index (χ4v) is 3.50. The number of halogens is 3. The molecule has 1 aliphatic rings. The monoisotopic (exact) mass is 416 g/mol. The van der Waals surface area contributed by atoms with Crippen molar-refractivity contribution in [3.63, 3.8) is 0 Å². The molecule has 25 heavy (non-hydrogen) atoms. The second-order valence-corrected chi connectivity index (χ2v) is 7.32. The average molecular weight is 418 g/mol. The van der Waals surface area contributed by atoms with Crippen molar-refractivity contribution in [1.82, 2.24) is 0 Å². The highest BCUT2D eigenvalue weighted by Gasteiger charge is 2.16. The van der Waals surface area contributed by atoms with Crippen molar-refractivity contribution in [2.45, 2.75) is 4.90 Å². The zero-order valence-corrected chi connectivity index (χ0v) is 15.7. The molecule has 0 unspecified atom stereocenters. The van der Waals surface area contributed by atoms with Gasteiger partial charge < -0.3 is 15.4 Å². The maximum Gasteiger partial charge on any atom is 0.262 e. The number of anilines is 2. The van der Waals surface area contributed by atoms with Crippen LogP contribution in [0.2, 0.25) is 15.1 Å². The van der Waals surface area contributed by atoms with E-state index in [0.717, 1.165) is 4.90 Å². The van der Waals surface area contributed by atoms with Gasteiger partial charge >= 0.3 is 0 Å². The molecular formula is C16H11Cl3N2O3S. The first kappa shape index (κ1) is 18.2. The smallest absolute Gasteiger partial charge is 0.262 e. The van der Waals surface area contributed by atoms with Crippen LogP contribution >= 0.6 is 46.6 Å². The summed E-state index contributed by atoms with van der Waals surface area (Å²) in [5.74, 6) is 0.201. The number of carbonyl (C=O) groups excluding carboxylic acids is 2. The minimum atomic E-state index is -0.378. The normalized spacial score (nSPS) is 13.0. The number of nitrogens with one attached hydrogen (secondary N) is 2. The van der Waals surface area contributed by atoms with E-state index in [0.29, 0.717) is 22.2 Å². The van der Waals surface area contributed by atoms with Crippen LogP contribution in [0.1, 0.15) is 0 Å². The molecule has 130 valence electrons. The van der Waals surface area contributed by atoms with E-state index in [4.69, 9.17) is 39.5 Å². The number of rotatable bonds is 4. The number of fused-ring (bicyclic) bond motifs is 1. The second kappa shape index (κ2) is 7.74. The van der Waals surface area contributed by atoms with Gasteiger partial charge in [-0.3, -0.25) is 9.59 Å². The quantitative estimate of drug-likeness (QED) is 0.707. The zero-order chi connectivity index (χ0) is 18.0. The van der Waals surface area contributed by atoms with Crippen molar-refractivity contribution in [2.75, 3.05) is 23.0 Å². The van der Waals surface area contributed by atoms with E-state index in [2.05, 4.69) is 10.6 Å². The molecule has 0 aromatic heterocycles. The van der Waals surface area contributed by atoms with E-state index in [1.54, 1.807) is 12.1 Å². The third-order valence-corrected chi connectivity index (χ3v) is 5.32. The lowest BCUT2D eigenvalue weighted by Crippen LogP contribution is -2.21. The number of hydrogen-bond acceptors (Lipinski definition) is 4. The van der Waals surface area contributed by atoms with E-state index < -0.39 is 0 Å². The SMILES string of the molecule is O=C(COc1cc(Cl)c(Cl)cc1Cl)Nc1ccc2c(c1)NC(=O)CS2. The van der Waals surface area contributed by atoms with Gasteiger partial charge in [0.2, 0.25) is 5.91 Å². The fourth-order valence-electron chi connectivity index (χ4n) is 2.12. The van der Waals surface area contributed by atoms with Crippen molar-refractivity contribution >= 4 is 69.8 Å². The van der Waals surface area contributed by atoms with Crippen LogP contribution in [0.4, 0.5) is 11.4 Å². The van der Waals surface area contributed by atoms with E-state index in [1.165, 1.54) is 23.9 Å². The number of ether oxygens (including phenoxy) is 1. The predicted molar refractivity (Wildman–Crippen MR) is 101 cm³/mol. The van der Waals surface area contributed by atoms with Gasteiger partial charge in [-0.1, -0.05) is 34.8 Å². The second-order valence-electron chi connectivity index (χ2n) is 5.08. The third-order valence-electron chi connectivity index (χ3n) is 3.23. The zero-order valence-electron chi connectivity index (χ0n) is 12.6. The summed E-state index contributed by atoms with van der Waals surface area (Å²) in [5.41, 5.74) is 1.22. The largest absolute Gasteiger partial charge is 0.482 e. The molecule has 0 saturated carbocycles. The molecular weight excluding hydrogens is 407 g/mol. The molecule has 2 aromatic rings. The number of benzene rings is 2. The topological polar surface area (TPSA) is 67.4 Å². The first-order valence-electron chi connectivity index (χ1n) is 7.06. The van der Waals surface area contributed by atoms with Crippen molar-refractivity contribution in [3.05, 3.63) is 45.4 Å². The first-order valence-corrected chi connectivity index (χ1v) is 9.18. The average Bonchev–Trinajstić information content (AvgIpc) is 2.56. The molecule has 5 nitrogen and oxygen atoms in total. The van der Waals surface area contributed by atoms with Gasteiger partial charge in [0.15, 0.2) is 6.61 Å². The van der Waals surface area contributed by atoms with Crippen molar-refractivity contribution < 1.29 is 14.3 Å². The Morgan fingerprint density at radius 3 is 2.72 bits per heavy atom. The third kappa shape index (κ3) is 4.52. The van der Waals surface area contributed by atoms with Crippen LogP contribution in [0, 0.1) is 0 Å². The van der Waals surface area contributed by atoms with E-state index >= 15 is 0 Å². The molecule has 0 atom stereocenters. The molecule has 2 aromatic carbocycles. The number of carbonyl (C=O) groups is 2. The number of amides is 2. The molecule has 0 radical (unpaired) electrons. The Kier molecular flexibility index (Phi) is 5.64. The van der Waals surface area contributed by atoms with Crippen LogP contribution in [-0.2, 0) is 9.59 Å². The van der Waals surface area contributed by atoms with Crippen LogP contribution in [0.5, 0.6) is 5.75 Å². The van der Waals surface area contributed by atoms with Crippen molar-refractivity contribution in [3.8, 4) is 5.75 Å². The first-order chi connectivity index (χ1) is 11.9. The van der Waals surface area contributed by atoms with E-state index in [9.17, 15) is 9.59 Å². The van der Waals surface area contributed by atoms with Gasteiger partial charge in [0, 0.05) is 16.6 Å². The van der Waals surface area contributed by atoms with E-state index in [-0.39, 0.29) is 34.2 Å². The van der Waals surface area contributed by atoms with Crippen LogP contribution in [0.25, 0.3) is 0 Å². The molecule has 1 aliphatic heterocycles. The van der Waals surface area contributed by atoms with Gasteiger partial charge in [-0.2, -0.15) is 0 Å². The van der Waals surface area contributed by atoms with Gasteiger partial charge in [0.25, 0.3) is 5.91 Å². The lowest BCUT2D eigenvalue weighted by molar-refractivity contribution is -0.118. The standard InChI is InChI=1S/C16H11Cl3N2O3S/c17-9-4-11(19)13(5-10(9)18)24-6-15(22)20-8-1-2-14-12(3-8)21-16(23)7-25-14/h1-5H,6-7H2,(H,20,22)(H,21,23). The maximum absolute atomic E-state index is 12.1. The molecule has 0 fully saturated rings. The molecule has 0 saturated heterocycles. The molecule has 9 heteroatoms. The summed E-state index contributed by atoms with van der Waals surface area (Å²) in [5, 5.41) is 6.30. The van der Waals surface area contributed by atoms with Crippen LogP contribution in [0.3, 0.4) is 0 Å². The Labute approximate surface area is 163 Å². The van der Waals surface area contributed by atoms with Crippen molar-refractivity contribution in [2.24, 2.45) is 0 Å². The minimum absolute atomic E-state index is 0.0708. The Morgan fingerprint density at radius 1 is 1.16 bits per heavy atom. The highest BCUT2D eigenvalue weighted by molar-refractivity contribution is 8.00. The van der Waals surface area contributed by atoms with Crippen molar-refractivity contribution in [1.29, 1.82) is 0 Å². The summed E-state index contributed by atoms with van der Waals surface area (Å²) in [4.78, 5) is 24.4. The molecule has 0 spiro atoms. The van der Waals surface area contributed by atoms with Gasteiger partial charge in [0.05, 0.1) is 26.5 Å². The molecule has 0 bridgehead atoms. The lowest BCUT2D eigenvalue weighted by atomic mass is 10.2. The summed E-state index contributed by atoms with van der Waals surface area (Å²) in [6, 6.07) is 8.19. The fraction of sp³-hybridized carbons (Fsp3) is 0.125.